The third kappa shape index (κ3) is 6.95. The van der Waals surface area contributed by atoms with E-state index in [1.54, 1.807) is 0 Å². The molecule has 3 rings (SSSR count). The molecule has 0 amide bonds. The highest BCUT2D eigenvalue weighted by atomic mass is 16.5. The first-order valence-electron chi connectivity index (χ1n) is 12.5. The minimum atomic E-state index is -0.304. The molecular formula is C30H38O2. The normalized spacial score (nSPS) is 12.1. The minimum absolute atomic E-state index is 0.304. The molecular weight excluding hydrogens is 392 g/mol. The Balaban J connectivity index is 1.61. The second-order valence-electron chi connectivity index (χ2n) is 9.06. The molecule has 0 bridgehead atoms. The molecule has 0 heterocycles. The molecule has 0 aliphatic heterocycles. The number of unbranched alkanes of at least 4 members (excludes halogenated alkanes) is 5. The molecule has 3 aromatic rings. The predicted molar refractivity (Wildman–Crippen MR) is 136 cm³/mol. The number of esters is 1. The summed E-state index contributed by atoms with van der Waals surface area (Å²) in [7, 11) is 0. The molecule has 3 aromatic carbocycles. The number of rotatable bonds is 12. The average molecular weight is 431 g/mol. The maximum absolute atomic E-state index is 12.6. The highest BCUT2D eigenvalue weighted by Gasteiger charge is 2.11. The lowest BCUT2D eigenvalue weighted by atomic mass is 9.93. The van der Waals surface area contributed by atoms with Crippen molar-refractivity contribution in [3.63, 3.8) is 0 Å². The van der Waals surface area contributed by atoms with Gasteiger partial charge >= 0.3 is 5.97 Å². The Bertz CT molecular complexity index is 987. The SMILES string of the molecule is CCCCCC[C@@H](C)c1ccc2cc(OC(=O)c3ccc(CCCCC)cc3)ccc2c1. The first-order valence-corrected chi connectivity index (χ1v) is 12.5. The lowest BCUT2D eigenvalue weighted by Gasteiger charge is -2.13. The Morgan fingerprint density at radius 1 is 0.781 bits per heavy atom. The highest BCUT2D eigenvalue weighted by Crippen LogP contribution is 2.28. The summed E-state index contributed by atoms with van der Waals surface area (Å²) in [6, 6.07) is 20.4. The van der Waals surface area contributed by atoms with Gasteiger partial charge in [0.1, 0.15) is 5.75 Å². The molecule has 0 fully saturated rings. The van der Waals surface area contributed by atoms with E-state index < -0.39 is 0 Å². The van der Waals surface area contributed by atoms with E-state index in [1.807, 2.05) is 36.4 Å². The van der Waals surface area contributed by atoms with E-state index in [0.717, 1.165) is 11.8 Å². The zero-order valence-electron chi connectivity index (χ0n) is 20.0. The number of aryl methyl sites for hydroxylation is 1. The molecule has 32 heavy (non-hydrogen) atoms. The first kappa shape index (κ1) is 24.0. The Labute approximate surface area is 194 Å². The number of ether oxygens (including phenoxy) is 1. The van der Waals surface area contributed by atoms with E-state index in [-0.39, 0.29) is 5.97 Å². The van der Waals surface area contributed by atoms with Crippen LogP contribution in [0.15, 0.2) is 60.7 Å². The fourth-order valence-electron chi connectivity index (χ4n) is 4.21. The number of carbonyl (C=O) groups is 1. The van der Waals surface area contributed by atoms with Crippen molar-refractivity contribution in [3.05, 3.63) is 77.4 Å². The molecule has 0 aliphatic carbocycles. The summed E-state index contributed by atoms with van der Waals surface area (Å²) in [4.78, 5) is 12.6. The van der Waals surface area contributed by atoms with Gasteiger partial charge in [-0.2, -0.15) is 0 Å². The van der Waals surface area contributed by atoms with Crippen molar-refractivity contribution in [2.24, 2.45) is 0 Å². The van der Waals surface area contributed by atoms with Crippen LogP contribution in [0.5, 0.6) is 5.75 Å². The van der Waals surface area contributed by atoms with Crippen LogP contribution < -0.4 is 4.74 Å². The highest BCUT2D eigenvalue weighted by molar-refractivity contribution is 5.92. The summed E-state index contributed by atoms with van der Waals surface area (Å²) < 4.78 is 5.66. The number of carbonyl (C=O) groups excluding carboxylic acids is 1. The number of hydrogen-bond acceptors (Lipinski definition) is 2. The van der Waals surface area contributed by atoms with Gasteiger partial charge in [-0.1, -0.05) is 95.7 Å². The van der Waals surface area contributed by atoms with Crippen LogP contribution in [0, 0.1) is 0 Å². The summed E-state index contributed by atoms with van der Waals surface area (Å²) in [6.45, 7) is 6.78. The molecule has 0 saturated heterocycles. The van der Waals surface area contributed by atoms with Crippen LogP contribution in [0.1, 0.15) is 99.5 Å². The van der Waals surface area contributed by atoms with E-state index in [9.17, 15) is 4.79 Å². The van der Waals surface area contributed by atoms with Gasteiger partial charge in [-0.05, 0) is 71.3 Å². The fraction of sp³-hybridized carbons (Fsp3) is 0.433. The molecule has 2 nitrogen and oxygen atoms in total. The molecule has 0 aliphatic rings. The Hall–Kier alpha value is -2.61. The van der Waals surface area contributed by atoms with Crippen molar-refractivity contribution in [2.75, 3.05) is 0 Å². The maximum Gasteiger partial charge on any atom is 0.343 e. The quantitative estimate of drug-likeness (QED) is 0.163. The fourth-order valence-corrected chi connectivity index (χ4v) is 4.21. The van der Waals surface area contributed by atoms with Gasteiger partial charge in [0.05, 0.1) is 5.56 Å². The van der Waals surface area contributed by atoms with Crippen LogP contribution in [0.25, 0.3) is 10.8 Å². The van der Waals surface area contributed by atoms with Crippen molar-refractivity contribution in [3.8, 4) is 5.75 Å². The molecule has 0 spiro atoms. The van der Waals surface area contributed by atoms with Crippen molar-refractivity contribution in [1.82, 2.24) is 0 Å². The molecule has 0 N–H and O–H groups in total. The van der Waals surface area contributed by atoms with Gasteiger partial charge in [0, 0.05) is 0 Å². The van der Waals surface area contributed by atoms with Crippen molar-refractivity contribution >= 4 is 16.7 Å². The predicted octanol–water partition coefficient (Wildman–Crippen LogP) is 8.87. The van der Waals surface area contributed by atoms with Gasteiger partial charge in [-0.15, -0.1) is 0 Å². The molecule has 170 valence electrons. The Kier molecular flexibility index (Phi) is 9.34. The summed E-state index contributed by atoms with van der Waals surface area (Å²) >= 11 is 0. The van der Waals surface area contributed by atoms with E-state index >= 15 is 0 Å². The van der Waals surface area contributed by atoms with Crippen LogP contribution in [-0.2, 0) is 6.42 Å². The van der Waals surface area contributed by atoms with Crippen LogP contribution >= 0.6 is 0 Å². The summed E-state index contributed by atoms with van der Waals surface area (Å²) in [5.41, 5.74) is 3.26. The van der Waals surface area contributed by atoms with Gasteiger partial charge in [-0.25, -0.2) is 4.79 Å². The topological polar surface area (TPSA) is 26.3 Å². The molecule has 0 radical (unpaired) electrons. The smallest absolute Gasteiger partial charge is 0.343 e. The van der Waals surface area contributed by atoms with Gasteiger partial charge in [0.2, 0.25) is 0 Å². The van der Waals surface area contributed by atoms with Crippen LogP contribution in [0.2, 0.25) is 0 Å². The first-order chi connectivity index (χ1) is 15.6. The molecule has 0 aromatic heterocycles. The molecule has 0 unspecified atom stereocenters. The van der Waals surface area contributed by atoms with Crippen molar-refractivity contribution in [1.29, 1.82) is 0 Å². The number of fused-ring (bicyclic) bond motifs is 1. The van der Waals surface area contributed by atoms with Crippen LogP contribution in [0.4, 0.5) is 0 Å². The van der Waals surface area contributed by atoms with Crippen LogP contribution in [0.3, 0.4) is 0 Å². The molecule has 0 saturated carbocycles. The maximum atomic E-state index is 12.6. The van der Waals surface area contributed by atoms with Gasteiger partial charge < -0.3 is 4.74 Å². The molecule has 2 heteroatoms. The Morgan fingerprint density at radius 3 is 2.22 bits per heavy atom. The van der Waals surface area contributed by atoms with Crippen molar-refractivity contribution < 1.29 is 9.53 Å². The number of hydrogen-bond donors (Lipinski definition) is 0. The minimum Gasteiger partial charge on any atom is -0.423 e. The Morgan fingerprint density at radius 2 is 1.47 bits per heavy atom. The van der Waals surface area contributed by atoms with Gasteiger partial charge in [-0.3, -0.25) is 0 Å². The van der Waals surface area contributed by atoms with E-state index in [4.69, 9.17) is 4.74 Å². The molecule has 1 atom stereocenters. The average Bonchev–Trinajstić information content (AvgIpc) is 2.82. The van der Waals surface area contributed by atoms with Gasteiger partial charge in [0.15, 0.2) is 0 Å². The summed E-state index contributed by atoms with van der Waals surface area (Å²) in [5.74, 6) is 0.857. The monoisotopic (exact) mass is 430 g/mol. The van der Waals surface area contributed by atoms with E-state index in [2.05, 4.69) is 45.0 Å². The number of benzene rings is 3. The summed E-state index contributed by atoms with van der Waals surface area (Å²) in [5, 5.41) is 2.29. The largest absolute Gasteiger partial charge is 0.423 e. The standard InChI is InChI=1S/C30H38O2/c1-4-6-8-10-11-23(3)26-17-18-28-22-29(20-19-27(28)21-26)32-30(31)25-15-13-24(14-16-25)12-9-7-5-2/h13-23H,4-12H2,1-3H3/t23-/m1/s1. The lowest BCUT2D eigenvalue weighted by Crippen LogP contribution is -2.08. The lowest BCUT2D eigenvalue weighted by molar-refractivity contribution is 0.0735. The van der Waals surface area contributed by atoms with E-state index in [0.29, 0.717) is 17.2 Å². The van der Waals surface area contributed by atoms with Gasteiger partial charge in [0.25, 0.3) is 0 Å². The third-order valence-electron chi connectivity index (χ3n) is 6.36. The zero-order valence-corrected chi connectivity index (χ0v) is 20.0. The van der Waals surface area contributed by atoms with E-state index in [1.165, 1.54) is 67.9 Å². The van der Waals surface area contributed by atoms with Crippen molar-refractivity contribution in [2.45, 2.75) is 84.5 Å². The second-order valence-corrected chi connectivity index (χ2v) is 9.06. The summed E-state index contributed by atoms with van der Waals surface area (Å²) in [6.07, 6.45) is 11.2. The zero-order chi connectivity index (χ0) is 22.8. The van der Waals surface area contributed by atoms with Crippen LogP contribution in [-0.4, -0.2) is 5.97 Å². The second kappa shape index (κ2) is 12.4. The third-order valence-corrected chi connectivity index (χ3v) is 6.36.